The lowest BCUT2D eigenvalue weighted by molar-refractivity contribution is -0.121. The number of pyridine rings is 1. The van der Waals surface area contributed by atoms with Gasteiger partial charge in [-0.1, -0.05) is 0 Å². The van der Waals surface area contributed by atoms with Crippen LogP contribution in [-0.4, -0.2) is 51.6 Å². The molecule has 1 aliphatic rings. The molecule has 31 heavy (non-hydrogen) atoms. The summed E-state index contributed by atoms with van der Waals surface area (Å²) in [5.74, 6) is 0.272. The first kappa shape index (κ1) is 20.6. The lowest BCUT2D eigenvalue weighted by atomic mass is 9.96. The van der Waals surface area contributed by atoms with Crippen LogP contribution < -0.4 is 10.1 Å². The Balaban J connectivity index is 1.38. The Morgan fingerprint density at radius 3 is 2.84 bits per heavy atom. The van der Waals surface area contributed by atoms with Gasteiger partial charge < -0.3 is 15.0 Å². The highest BCUT2D eigenvalue weighted by atomic mass is 16.5. The Morgan fingerprint density at radius 2 is 2.10 bits per heavy atom. The topological polar surface area (TPSA) is 100 Å². The Bertz CT molecular complexity index is 1030. The van der Waals surface area contributed by atoms with Gasteiger partial charge in [-0.25, -0.2) is 0 Å². The third kappa shape index (κ3) is 4.91. The number of rotatable bonds is 6. The van der Waals surface area contributed by atoms with Gasteiger partial charge in [0.1, 0.15) is 11.4 Å². The maximum atomic E-state index is 13.0. The second-order valence-electron chi connectivity index (χ2n) is 7.45. The van der Waals surface area contributed by atoms with E-state index in [2.05, 4.69) is 20.5 Å². The predicted octanol–water partition coefficient (Wildman–Crippen LogP) is 3.36. The van der Waals surface area contributed by atoms with Crippen molar-refractivity contribution >= 4 is 17.5 Å². The fraction of sp³-hybridized carbons (Fsp3) is 0.304. The molecule has 2 amide bonds. The monoisotopic (exact) mass is 419 g/mol. The highest BCUT2D eigenvalue weighted by molar-refractivity contribution is 5.95. The van der Waals surface area contributed by atoms with Crippen LogP contribution in [0.1, 0.15) is 30.3 Å². The first-order chi connectivity index (χ1) is 15.1. The largest absolute Gasteiger partial charge is 0.494 e. The van der Waals surface area contributed by atoms with E-state index in [9.17, 15) is 9.59 Å². The number of nitrogens with zero attached hydrogens (tertiary/aromatic N) is 3. The van der Waals surface area contributed by atoms with Gasteiger partial charge in [0.15, 0.2) is 0 Å². The van der Waals surface area contributed by atoms with Crippen LogP contribution in [0.25, 0.3) is 11.3 Å². The lowest BCUT2D eigenvalue weighted by Crippen LogP contribution is -2.43. The zero-order valence-electron chi connectivity index (χ0n) is 17.4. The standard InChI is InChI=1S/C23H25N5O3/c1-2-31-19-9-7-18(8-10-19)25-22(29)17-6-4-12-28(15-17)23(30)21-13-20(26-27-21)16-5-3-11-24-14-16/h3,5,7-11,13-14,17H,2,4,6,12,15H2,1H3,(H,25,29)(H,26,27). The van der Waals surface area contributed by atoms with Gasteiger partial charge in [0.25, 0.3) is 5.91 Å². The van der Waals surface area contributed by atoms with Gasteiger partial charge >= 0.3 is 0 Å². The molecular formula is C23H25N5O3. The molecule has 1 unspecified atom stereocenters. The second kappa shape index (κ2) is 9.42. The number of aromatic amines is 1. The number of benzene rings is 1. The summed E-state index contributed by atoms with van der Waals surface area (Å²) >= 11 is 0. The summed E-state index contributed by atoms with van der Waals surface area (Å²) in [5, 5.41) is 10.00. The molecule has 0 spiro atoms. The van der Waals surface area contributed by atoms with Crippen LogP contribution >= 0.6 is 0 Å². The number of hydrogen-bond acceptors (Lipinski definition) is 5. The predicted molar refractivity (Wildman–Crippen MR) is 117 cm³/mol. The summed E-state index contributed by atoms with van der Waals surface area (Å²) in [6.07, 6.45) is 4.91. The zero-order valence-corrected chi connectivity index (χ0v) is 17.4. The van der Waals surface area contributed by atoms with Gasteiger partial charge in [0.2, 0.25) is 5.91 Å². The van der Waals surface area contributed by atoms with Crippen molar-refractivity contribution in [3.63, 3.8) is 0 Å². The van der Waals surface area contributed by atoms with Crippen molar-refractivity contribution in [1.82, 2.24) is 20.1 Å². The summed E-state index contributed by atoms with van der Waals surface area (Å²) in [6.45, 7) is 3.52. The van der Waals surface area contributed by atoms with Crippen molar-refractivity contribution in [2.75, 3.05) is 25.0 Å². The molecule has 160 valence electrons. The molecule has 2 aromatic heterocycles. The molecule has 1 saturated heterocycles. The van der Waals surface area contributed by atoms with Gasteiger partial charge in [-0.05, 0) is 62.2 Å². The highest BCUT2D eigenvalue weighted by Gasteiger charge is 2.29. The van der Waals surface area contributed by atoms with Gasteiger partial charge in [0.05, 0.1) is 18.2 Å². The average Bonchev–Trinajstić information content (AvgIpc) is 3.31. The molecule has 1 aromatic carbocycles. The third-order valence-corrected chi connectivity index (χ3v) is 5.28. The number of hydrogen-bond donors (Lipinski definition) is 2. The van der Waals surface area contributed by atoms with Gasteiger partial charge in [-0.15, -0.1) is 0 Å². The Morgan fingerprint density at radius 1 is 1.26 bits per heavy atom. The third-order valence-electron chi connectivity index (χ3n) is 5.28. The summed E-state index contributed by atoms with van der Waals surface area (Å²) < 4.78 is 5.43. The fourth-order valence-corrected chi connectivity index (χ4v) is 3.68. The first-order valence-corrected chi connectivity index (χ1v) is 10.4. The number of amides is 2. The van der Waals surface area contributed by atoms with Crippen LogP contribution in [0, 0.1) is 5.92 Å². The minimum absolute atomic E-state index is 0.0812. The number of ether oxygens (including phenoxy) is 1. The number of anilines is 1. The molecule has 0 radical (unpaired) electrons. The molecule has 1 aliphatic heterocycles. The number of nitrogens with one attached hydrogen (secondary N) is 2. The van der Waals surface area contributed by atoms with E-state index in [1.807, 2.05) is 43.3 Å². The van der Waals surface area contributed by atoms with Gasteiger partial charge in [-0.2, -0.15) is 5.10 Å². The molecule has 1 fully saturated rings. The summed E-state index contributed by atoms with van der Waals surface area (Å²) in [6, 6.07) is 12.7. The van der Waals surface area contributed by atoms with E-state index in [0.717, 1.165) is 24.2 Å². The maximum absolute atomic E-state index is 13.0. The van der Waals surface area contributed by atoms with Crippen molar-refractivity contribution < 1.29 is 14.3 Å². The van der Waals surface area contributed by atoms with Gasteiger partial charge in [-0.3, -0.25) is 19.7 Å². The smallest absolute Gasteiger partial charge is 0.271 e. The number of aromatic nitrogens is 3. The molecule has 8 heteroatoms. The molecule has 3 heterocycles. The summed E-state index contributed by atoms with van der Waals surface area (Å²) in [7, 11) is 0. The molecule has 8 nitrogen and oxygen atoms in total. The van der Waals surface area contributed by atoms with E-state index in [4.69, 9.17) is 4.74 Å². The number of piperidine rings is 1. The SMILES string of the molecule is CCOc1ccc(NC(=O)C2CCCN(C(=O)c3cc(-c4cccnc4)n[nH]3)C2)cc1. The zero-order chi connectivity index (χ0) is 21.6. The molecule has 0 saturated carbocycles. The van der Waals surface area contributed by atoms with Crippen LogP contribution in [0.5, 0.6) is 5.75 Å². The second-order valence-corrected chi connectivity index (χ2v) is 7.45. The summed E-state index contributed by atoms with van der Waals surface area (Å²) in [5.41, 5.74) is 2.63. The van der Waals surface area contributed by atoms with Crippen LogP contribution in [-0.2, 0) is 4.79 Å². The minimum Gasteiger partial charge on any atom is -0.494 e. The lowest BCUT2D eigenvalue weighted by Gasteiger charge is -2.31. The van der Waals surface area contributed by atoms with E-state index in [0.29, 0.717) is 36.8 Å². The van der Waals surface area contributed by atoms with E-state index in [1.54, 1.807) is 23.4 Å². The molecule has 4 rings (SSSR count). The van der Waals surface area contributed by atoms with Crippen LogP contribution in [0.2, 0.25) is 0 Å². The molecule has 3 aromatic rings. The Hall–Kier alpha value is -3.68. The van der Waals surface area contributed by atoms with Crippen molar-refractivity contribution in [2.45, 2.75) is 19.8 Å². The molecule has 2 N–H and O–H groups in total. The molecular weight excluding hydrogens is 394 g/mol. The van der Waals surface area contributed by atoms with E-state index < -0.39 is 0 Å². The van der Waals surface area contributed by atoms with Gasteiger partial charge in [0, 0.05) is 36.7 Å². The summed E-state index contributed by atoms with van der Waals surface area (Å²) in [4.78, 5) is 31.5. The van der Waals surface area contributed by atoms with Crippen molar-refractivity contribution in [3.8, 4) is 17.0 Å². The highest BCUT2D eigenvalue weighted by Crippen LogP contribution is 2.23. The fourth-order valence-electron chi connectivity index (χ4n) is 3.68. The van der Waals surface area contributed by atoms with Crippen molar-refractivity contribution in [3.05, 3.63) is 60.6 Å². The maximum Gasteiger partial charge on any atom is 0.271 e. The number of likely N-dealkylation sites (tertiary alicyclic amines) is 1. The minimum atomic E-state index is -0.259. The normalized spacial score (nSPS) is 16.0. The first-order valence-electron chi connectivity index (χ1n) is 10.4. The van der Waals surface area contributed by atoms with Crippen LogP contribution in [0.15, 0.2) is 54.9 Å². The van der Waals surface area contributed by atoms with E-state index >= 15 is 0 Å². The van der Waals surface area contributed by atoms with E-state index in [1.165, 1.54) is 0 Å². The number of H-pyrrole nitrogens is 1. The Kier molecular flexibility index (Phi) is 6.26. The quantitative estimate of drug-likeness (QED) is 0.638. The van der Waals surface area contributed by atoms with Crippen LogP contribution in [0.3, 0.4) is 0 Å². The average molecular weight is 419 g/mol. The van der Waals surface area contributed by atoms with Crippen molar-refractivity contribution in [1.29, 1.82) is 0 Å². The number of carbonyl (C=O) groups excluding carboxylic acids is 2. The van der Waals surface area contributed by atoms with Crippen LogP contribution in [0.4, 0.5) is 5.69 Å². The number of carbonyl (C=O) groups is 2. The van der Waals surface area contributed by atoms with E-state index in [-0.39, 0.29) is 17.7 Å². The Labute approximate surface area is 180 Å². The van der Waals surface area contributed by atoms with Crippen molar-refractivity contribution in [2.24, 2.45) is 5.92 Å². The molecule has 0 bridgehead atoms. The molecule has 1 atom stereocenters. The molecule has 0 aliphatic carbocycles.